The number of carbonyl (C=O) groups is 2. The number of para-hydroxylation sites is 1. The second-order valence-corrected chi connectivity index (χ2v) is 9.43. The number of thioether (sulfide) groups is 1. The number of carbonyl (C=O) groups excluding carboxylic acids is 2. The molecule has 2 aromatic rings. The first-order chi connectivity index (χ1) is 15.2. The molecule has 2 aliphatic rings. The molecule has 0 saturated carbocycles. The number of nitrogens with one attached hydrogen (secondary N) is 1. The molecule has 0 spiro atoms. The lowest BCUT2D eigenvalue weighted by molar-refractivity contribution is -0.125. The molecule has 0 radical (unpaired) electrons. The van der Waals surface area contributed by atoms with E-state index >= 15 is 0 Å². The van der Waals surface area contributed by atoms with Crippen molar-refractivity contribution in [1.82, 2.24) is 10.2 Å². The number of nitrogens with zero attached hydrogens (tertiary/aromatic N) is 2. The molecule has 1 fully saturated rings. The Hall–Kier alpha value is -2.31. The molecule has 2 amide bonds. The van der Waals surface area contributed by atoms with Crippen molar-refractivity contribution in [3.05, 3.63) is 59.7 Å². The number of hydrogen-bond donors (Lipinski definition) is 1. The zero-order chi connectivity index (χ0) is 21.5. The van der Waals surface area contributed by atoms with Crippen LogP contribution in [-0.2, 0) is 22.7 Å². The number of amides is 2. The van der Waals surface area contributed by atoms with E-state index in [2.05, 4.69) is 34.5 Å². The fourth-order valence-electron chi connectivity index (χ4n) is 4.21. The molecule has 0 atom stereocenters. The van der Waals surface area contributed by atoms with E-state index in [-0.39, 0.29) is 24.7 Å². The highest BCUT2D eigenvalue weighted by Crippen LogP contribution is 2.34. The van der Waals surface area contributed by atoms with E-state index in [1.807, 2.05) is 29.2 Å². The maximum atomic E-state index is 12.7. The standard InChI is InChI=1S/C25H31N3O2S/c29-24(12-13-25(30)28-16-17-31-23-7-3-2-6-22(23)28)26-18-20-8-10-21(11-9-20)19-27-14-4-1-5-15-27/h2-3,6-11H,1,4-5,12-19H2,(H,26,29). The van der Waals surface area contributed by atoms with Crippen molar-refractivity contribution in [2.75, 3.05) is 30.3 Å². The lowest BCUT2D eigenvalue weighted by Gasteiger charge is -2.29. The monoisotopic (exact) mass is 437 g/mol. The predicted octanol–water partition coefficient (Wildman–Crippen LogP) is 4.21. The fraction of sp³-hybridized carbons (Fsp3) is 0.440. The molecule has 2 heterocycles. The van der Waals surface area contributed by atoms with Crippen LogP contribution in [0.3, 0.4) is 0 Å². The van der Waals surface area contributed by atoms with E-state index in [1.165, 1.54) is 37.9 Å². The molecule has 6 heteroatoms. The summed E-state index contributed by atoms with van der Waals surface area (Å²) in [5.41, 5.74) is 3.38. The molecule has 2 aliphatic heterocycles. The van der Waals surface area contributed by atoms with Gasteiger partial charge in [-0.25, -0.2) is 0 Å². The van der Waals surface area contributed by atoms with Gasteiger partial charge in [-0.2, -0.15) is 0 Å². The molecule has 0 aliphatic carbocycles. The number of rotatable bonds is 7. The largest absolute Gasteiger partial charge is 0.352 e. The normalized spacial score (nSPS) is 16.6. The molecule has 1 N–H and O–H groups in total. The topological polar surface area (TPSA) is 52.7 Å². The Morgan fingerprint density at radius 1 is 0.871 bits per heavy atom. The average Bonchev–Trinajstić information content (AvgIpc) is 2.82. The summed E-state index contributed by atoms with van der Waals surface area (Å²) >= 11 is 1.77. The third-order valence-electron chi connectivity index (χ3n) is 5.96. The van der Waals surface area contributed by atoms with Crippen molar-refractivity contribution in [1.29, 1.82) is 0 Å². The summed E-state index contributed by atoms with van der Waals surface area (Å²) in [6.07, 6.45) is 4.41. The van der Waals surface area contributed by atoms with Gasteiger partial charge in [0, 0.05) is 43.1 Å². The van der Waals surface area contributed by atoms with Gasteiger partial charge in [-0.05, 0) is 49.2 Å². The summed E-state index contributed by atoms with van der Waals surface area (Å²) in [6, 6.07) is 16.5. The van der Waals surface area contributed by atoms with Gasteiger partial charge < -0.3 is 10.2 Å². The molecular formula is C25H31N3O2S. The summed E-state index contributed by atoms with van der Waals surface area (Å²) < 4.78 is 0. The molecule has 31 heavy (non-hydrogen) atoms. The third-order valence-corrected chi connectivity index (χ3v) is 7.01. The van der Waals surface area contributed by atoms with Crippen LogP contribution in [0.4, 0.5) is 5.69 Å². The summed E-state index contributed by atoms with van der Waals surface area (Å²) in [6.45, 7) is 4.59. The number of benzene rings is 2. The van der Waals surface area contributed by atoms with E-state index < -0.39 is 0 Å². The molecular weight excluding hydrogens is 406 g/mol. The van der Waals surface area contributed by atoms with Crippen LogP contribution in [0.5, 0.6) is 0 Å². The van der Waals surface area contributed by atoms with Crippen LogP contribution in [-0.4, -0.2) is 42.1 Å². The van der Waals surface area contributed by atoms with E-state index in [0.29, 0.717) is 13.1 Å². The van der Waals surface area contributed by atoms with Gasteiger partial charge in [0.05, 0.1) is 5.69 Å². The third kappa shape index (κ3) is 6.11. The highest BCUT2D eigenvalue weighted by molar-refractivity contribution is 7.99. The molecule has 2 aromatic carbocycles. The number of fused-ring (bicyclic) bond motifs is 1. The fourth-order valence-corrected chi connectivity index (χ4v) is 5.21. The molecule has 0 aromatic heterocycles. The van der Waals surface area contributed by atoms with Crippen molar-refractivity contribution >= 4 is 29.3 Å². The van der Waals surface area contributed by atoms with Crippen LogP contribution in [0.25, 0.3) is 0 Å². The smallest absolute Gasteiger partial charge is 0.227 e. The summed E-state index contributed by atoms with van der Waals surface area (Å²) in [5.74, 6) is 0.832. The van der Waals surface area contributed by atoms with Crippen LogP contribution >= 0.6 is 11.8 Å². The Kier molecular flexibility index (Phi) is 7.65. The lowest BCUT2D eigenvalue weighted by atomic mass is 10.1. The van der Waals surface area contributed by atoms with Gasteiger partial charge in [-0.15, -0.1) is 11.8 Å². The molecule has 164 valence electrons. The van der Waals surface area contributed by atoms with Crippen molar-refractivity contribution in [3.8, 4) is 0 Å². The van der Waals surface area contributed by atoms with E-state index in [4.69, 9.17) is 0 Å². The quantitative estimate of drug-likeness (QED) is 0.705. The summed E-state index contributed by atoms with van der Waals surface area (Å²) in [4.78, 5) is 30.4. The van der Waals surface area contributed by atoms with Gasteiger partial charge in [0.25, 0.3) is 0 Å². The van der Waals surface area contributed by atoms with Gasteiger partial charge in [0.2, 0.25) is 11.8 Å². The highest BCUT2D eigenvalue weighted by Gasteiger charge is 2.22. The van der Waals surface area contributed by atoms with Gasteiger partial charge in [-0.1, -0.05) is 42.8 Å². The SMILES string of the molecule is O=C(CCC(=O)N1CCSc2ccccc21)NCc1ccc(CN2CCCCC2)cc1. The number of likely N-dealkylation sites (tertiary alicyclic amines) is 1. The van der Waals surface area contributed by atoms with Crippen LogP contribution in [0.2, 0.25) is 0 Å². The number of hydrogen-bond acceptors (Lipinski definition) is 4. The van der Waals surface area contributed by atoms with Gasteiger partial charge in [0.1, 0.15) is 0 Å². The zero-order valence-electron chi connectivity index (χ0n) is 18.0. The summed E-state index contributed by atoms with van der Waals surface area (Å²) in [7, 11) is 0. The molecule has 4 rings (SSSR count). The first kappa shape index (κ1) is 21.9. The van der Waals surface area contributed by atoms with Crippen molar-refractivity contribution < 1.29 is 9.59 Å². The average molecular weight is 438 g/mol. The Labute approximate surface area is 189 Å². The Morgan fingerprint density at radius 3 is 2.42 bits per heavy atom. The predicted molar refractivity (Wildman–Crippen MR) is 126 cm³/mol. The molecule has 1 saturated heterocycles. The van der Waals surface area contributed by atoms with E-state index in [1.54, 1.807) is 11.8 Å². The first-order valence-corrected chi connectivity index (χ1v) is 12.3. The minimum Gasteiger partial charge on any atom is -0.352 e. The molecule has 0 bridgehead atoms. The van der Waals surface area contributed by atoms with E-state index in [9.17, 15) is 9.59 Å². The van der Waals surface area contributed by atoms with Gasteiger partial charge >= 0.3 is 0 Å². The van der Waals surface area contributed by atoms with Crippen LogP contribution < -0.4 is 10.2 Å². The first-order valence-electron chi connectivity index (χ1n) is 11.3. The number of piperidine rings is 1. The Morgan fingerprint density at radius 2 is 1.61 bits per heavy atom. The Balaban J connectivity index is 1.20. The van der Waals surface area contributed by atoms with Crippen molar-refractivity contribution in [2.24, 2.45) is 0 Å². The van der Waals surface area contributed by atoms with E-state index in [0.717, 1.165) is 28.4 Å². The van der Waals surface area contributed by atoms with Gasteiger partial charge in [-0.3, -0.25) is 14.5 Å². The second-order valence-electron chi connectivity index (χ2n) is 8.29. The maximum Gasteiger partial charge on any atom is 0.227 e. The van der Waals surface area contributed by atoms with Crippen molar-refractivity contribution in [3.63, 3.8) is 0 Å². The second kappa shape index (κ2) is 10.8. The van der Waals surface area contributed by atoms with Crippen LogP contribution in [0.15, 0.2) is 53.4 Å². The van der Waals surface area contributed by atoms with Crippen LogP contribution in [0.1, 0.15) is 43.2 Å². The molecule has 5 nitrogen and oxygen atoms in total. The minimum atomic E-state index is -0.0783. The Bertz CT molecular complexity index is 894. The highest BCUT2D eigenvalue weighted by atomic mass is 32.2. The van der Waals surface area contributed by atoms with Gasteiger partial charge in [0.15, 0.2) is 0 Å². The minimum absolute atomic E-state index is 0.0185. The zero-order valence-corrected chi connectivity index (χ0v) is 18.8. The van der Waals surface area contributed by atoms with Crippen molar-refractivity contribution in [2.45, 2.75) is 50.1 Å². The number of anilines is 1. The maximum absolute atomic E-state index is 12.7. The lowest BCUT2D eigenvalue weighted by Crippen LogP contribution is -2.36. The van der Waals surface area contributed by atoms with Crippen LogP contribution in [0, 0.1) is 0 Å². The summed E-state index contributed by atoms with van der Waals surface area (Å²) in [5, 5.41) is 2.95. The molecule has 0 unspecified atom stereocenters.